The highest BCUT2D eigenvalue weighted by atomic mass is 32.2. The molecule has 0 aromatic rings. The maximum absolute atomic E-state index is 3.51. The molecule has 0 aromatic carbocycles. The summed E-state index contributed by atoms with van der Waals surface area (Å²) in [6, 6.07) is 0.904. The average molecular weight is 157 g/mol. The zero-order valence-corrected chi connectivity index (χ0v) is 7.12. The zero-order chi connectivity index (χ0) is 6.81. The third kappa shape index (κ3) is 1.32. The maximum atomic E-state index is 3.51. The minimum Gasteiger partial charge on any atom is -0.313 e. The summed E-state index contributed by atoms with van der Waals surface area (Å²) in [5.41, 5.74) is 0. The van der Waals surface area contributed by atoms with Crippen LogP contribution in [0.2, 0.25) is 0 Å². The Morgan fingerprint density at radius 2 is 2.20 bits per heavy atom. The predicted octanol–water partition coefficient (Wildman–Crippen LogP) is 1.49. The molecule has 0 aliphatic carbocycles. The van der Waals surface area contributed by atoms with Crippen LogP contribution in [-0.4, -0.2) is 24.1 Å². The molecule has 2 unspecified atom stereocenters. The van der Waals surface area contributed by atoms with E-state index >= 15 is 0 Å². The zero-order valence-electron chi connectivity index (χ0n) is 6.31. The summed E-state index contributed by atoms with van der Waals surface area (Å²) in [5, 5.41) is 3.51. The average Bonchev–Trinajstić information content (AvgIpc) is 1.89. The Morgan fingerprint density at radius 3 is 3.00 bits per heavy atom. The van der Waals surface area contributed by atoms with Crippen molar-refractivity contribution in [2.45, 2.75) is 25.3 Å². The van der Waals surface area contributed by atoms with Gasteiger partial charge >= 0.3 is 0 Å². The molecule has 0 spiro atoms. The summed E-state index contributed by atoms with van der Waals surface area (Å²) in [6.45, 7) is 1.30. The van der Waals surface area contributed by atoms with Crippen LogP contribution in [0.5, 0.6) is 0 Å². The lowest BCUT2D eigenvalue weighted by atomic mass is 9.86. The molecule has 2 atom stereocenters. The van der Waals surface area contributed by atoms with Gasteiger partial charge in [0.1, 0.15) is 0 Å². The molecule has 2 aliphatic heterocycles. The van der Waals surface area contributed by atoms with E-state index in [1.807, 2.05) is 0 Å². The molecule has 2 aliphatic rings. The lowest BCUT2D eigenvalue weighted by molar-refractivity contribution is 0.212. The first-order chi connectivity index (χ1) is 4.97. The molecular formula is C8H15NS. The van der Waals surface area contributed by atoms with Gasteiger partial charge in [-0.25, -0.2) is 0 Å². The van der Waals surface area contributed by atoms with E-state index in [-0.39, 0.29) is 0 Å². The summed E-state index contributed by atoms with van der Waals surface area (Å²) in [7, 11) is 0. The quantitative estimate of drug-likeness (QED) is 0.572. The first-order valence-electron chi connectivity index (χ1n) is 4.28. The van der Waals surface area contributed by atoms with E-state index in [1.54, 1.807) is 0 Å². The Bertz CT molecular complexity index is 102. The molecule has 1 N–H and O–H groups in total. The van der Waals surface area contributed by atoms with E-state index in [0.717, 1.165) is 12.0 Å². The van der Waals surface area contributed by atoms with E-state index in [1.165, 1.54) is 37.3 Å². The Labute approximate surface area is 67.0 Å². The summed E-state index contributed by atoms with van der Waals surface area (Å²) >= 11 is 2.14. The summed E-state index contributed by atoms with van der Waals surface area (Å²) in [6.07, 6.45) is 4.32. The summed E-state index contributed by atoms with van der Waals surface area (Å²) in [4.78, 5) is 0. The van der Waals surface area contributed by atoms with Gasteiger partial charge in [-0.15, -0.1) is 0 Å². The van der Waals surface area contributed by atoms with E-state index in [0.29, 0.717) is 0 Å². The van der Waals surface area contributed by atoms with Crippen LogP contribution >= 0.6 is 11.8 Å². The minimum atomic E-state index is 0.904. The van der Waals surface area contributed by atoms with Crippen molar-refractivity contribution in [1.29, 1.82) is 0 Å². The first kappa shape index (κ1) is 6.99. The number of hydrogen-bond acceptors (Lipinski definition) is 2. The lowest BCUT2D eigenvalue weighted by Gasteiger charge is -2.39. The van der Waals surface area contributed by atoms with Crippen molar-refractivity contribution in [3.63, 3.8) is 0 Å². The normalized spacial score (nSPS) is 40.8. The molecule has 0 aromatic heterocycles. The Balaban J connectivity index is 1.83. The molecule has 10 heavy (non-hydrogen) atoms. The van der Waals surface area contributed by atoms with Gasteiger partial charge in [0.15, 0.2) is 0 Å². The van der Waals surface area contributed by atoms with Crippen LogP contribution in [0.4, 0.5) is 0 Å². The Hall–Kier alpha value is 0.310. The molecule has 0 bridgehead atoms. The van der Waals surface area contributed by atoms with Crippen LogP contribution in [0.25, 0.3) is 0 Å². The molecule has 2 heterocycles. The molecular weight excluding hydrogens is 142 g/mol. The van der Waals surface area contributed by atoms with E-state index in [2.05, 4.69) is 17.1 Å². The van der Waals surface area contributed by atoms with Crippen LogP contribution < -0.4 is 5.32 Å². The molecule has 1 nitrogen and oxygen atoms in total. The van der Waals surface area contributed by atoms with Gasteiger partial charge in [0.05, 0.1) is 0 Å². The van der Waals surface area contributed by atoms with Gasteiger partial charge in [-0.05, 0) is 43.2 Å². The van der Waals surface area contributed by atoms with Crippen molar-refractivity contribution in [3.8, 4) is 0 Å². The highest BCUT2D eigenvalue weighted by Gasteiger charge is 2.29. The summed E-state index contributed by atoms with van der Waals surface area (Å²) < 4.78 is 0. The van der Waals surface area contributed by atoms with Crippen LogP contribution in [0.3, 0.4) is 0 Å². The van der Waals surface area contributed by atoms with Gasteiger partial charge in [-0.2, -0.15) is 11.8 Å². The van der Waals surface area contributed by atoms with Crippen LogP contribution in [0.1, 0.15) is 19.3 Å². The number of nitrogens with one attached hydrogen (secondary N) is 1. The third-order valence-electron chi connectivity index (χ3n) is 2.65. The van der Waals surface area contributed by atoms with Gasteiger partial charge < -0.3 is 5.32 Å². The van der Waals surface area contributed by atoms with E-state index in [9.17, 15) is 0 Å². The third-order valence-corrected chi connectivity index (χ3v) is 3.75. The molecule has 2 fully saturated rings. The first-order valence-corrected chi connectivity index (χ1v) is 5.43. The van der Waals surface area contributed by atoms with E-state index < -0.39 is 0 Å². The molecule has 2 rings (SSSR count). The number of fused-ring (bicyclic) bond motifs is 1. The fourth-order valence-corrected chi connectivity index (χ4v) is 2.88. The number of thioether (sulfide) groups is 1. The van der Waals surface area contributed by atoms with Crippen molar-refractivity contribution in [2.75, 3.05) is 18.1 Å². The maximum Gasteiger partial charge on any atom is 0.0108 e. The number of rotatable bonds is 0. The molecule has 2 saturated heterocycles. The van der Waals surface area contributed by atoms with Crippen molar-refractivity contribution in [3.05, 3.63) is 0 Å². The second-order valence-corrected chi connectivity index (χ2v) is 4.54. The van der Waals surface area contributed by atoms with Crippen molar-refractivity contribution < 1.29 is 0 Å². The standard InChI is InChI=1S/C8H15NS/c1-2-8-7(6-9-8)3-5-10-4-1/h7-9H,1-6H2. The topological polar surface area (TPSA) is 12.0 Å². The molecule has 2 heteroatoms. The largest absolute Gasteiger partial charge is 0.313 e. The second kappa shape index (κ2) is 3.14. The fourth-order valence-electron chi connectivity index (χ4n) is 1.83. The fraction of sp³-hybridized carbons (Fsp3) is 1.00. The number of hydrogen-bond donors (Lipinski definition) is 1. The second-order valence-electron chi connectivity index (χ2n) is 3.32. The van der Waals surface area contributed by atoms with Gasteiger partial charge in [0.2, 0.25) is 0 Å². The Kier molecular flexibility index (Phi) is 2.19. The smallest absolute Gasteiger partial charge is 0.0108 e. The predicted molar refractivity (Wildman–Crippen MR) is 46.5 cm³/mol. The van der Waals surface area contributed by atoms with Crippen LogP contribution in [-0.2, 0) is 0 Å². The lowest BCUT2D eigenvalue weighted by Crippen LogP contribution is -2.53. The van der Waals surface area contributed by atoms with E-state index in [4.69, 9.17) is 0 Å². The van der Waals surface area contributed by atoms with Crippen molar-refractivity contribution in [2.24, 2.45) is 5.92 Å². The van der Waals surface area contributed by atoms with Gasteiger partial charge in [0, 0.05) is 6.04 Å². The van der Waals surface area contributed by atoms with Gasteiger partial charge in [-0.3, -0.25) is 0 Å². The monoisotopic (exact) mass is 157 g/mol. The van der Waals surface area contributed by atoms with Crippen molar-refractivity contribution >= 4 is 11.8 Å². The molecule has 0 amide bonds. The van der Waals surface area contributed by atoms with Crippen LogP contribution in [0, 0.1) is 5.92 Å². The van der Waals surface area contributed by atoms with Gasteiger partial charge in [0.25, 0.3) is 0 Å². The van der Waals surface area contributed by atoms with Gasteiger partial charge in [-0.1, -0.05) is 0 Å². The molecule has 58 valence electrons. The van der Waals surface area contributed by atoms with Crippen LogP contribution in [0.15, 0.2) is 0 Å². The SMILES string of the molecule is C1CSCCC2CNC2C1. The highest BCUT2D eigenvalue weighted by molar-refractivity contribution is 7.99. The molecule has 0 radical (unpaired) electrons. The van der Waals surface area contributed by atoms with Crippen molar-refractivity contribution in [1.82, 2.24) is 5.32 Å². The Morgan fingerprint density at radius 1 is 1.20 bits per heavy atom. The molecule has 0 saturated carbocycles. The minimum absolute atomic E-state index is 0.904. The summed E-state index contributed by atoms with van der Waals surface area (Å²) in [5.74, 6) is 3.83. The highest BCUT2D eigenvalue weighted by Crippen LogP contribution is 2.26.